The Hall–Kier alpha value is -1.82. The van der Waals surface area contributed by atoms with Crippen LogP contribution in [0.15, 0.2) is 23.4 Å². The van der Waals surface area contributed by atoms with E-state index in [1.165, 1.54) is 10.9 Å². The summed E-state index contributed by atoms with van der Waals surface area (Å²) in [5, 5.41) is 11.2. The van der Waals surface area contributed by atoms with Crippen LogP contribution in [0.5, 0.6) is 0 Å². The lowest BCUT2D eigenvalue weighted by Gasteiger charge is -2.11. The second-order valence-electron chi connectivity index (χ2n) is 4.24. The molecule has 0 saturated heterocycles. The highest BCUT2D eigenvalue weighted by Gasteiger charge is 2.11. The predicted molar refractivity (Wildman–Crippen MR) is 70.4 cm³/mol. The van der Waals surface area contributed by atoms with Crippen molar-refractivity contribution in [2.75, 3.05) is 5.32 Å². The summed E-state index contributed by atoms with van der Waals surface area (Å²) >= 11 is 6.04. The Morgan fingerprint density at radius 1 is 1.33 bits per heavy atom. The lowest BCUT2D eigenvalue weighted by molar-refractivity contribution is 0.503. The van der Waals surface area contributed by atoms with Gasteiger partial charge in [0.1, 0.15) is 5.02 Å². The molecule has 0 aliphatic carbocycles. The summed E-state index contributed by atoms with van der Waals surface area (Å²) in [7, 11) is 1.81. The van der Waals surface area contributed by atoms with Gasteiger partial charge < -0.3 is 5.32 Å². The topological polar surface area (TPSA) is 64.7 Å². The van der Waals surface area contributed by atoms with Gasteiger partial charge in [-0.25, -0.2) is 4.68 Å². The third-order valence-electron chi connectivity index (χ3n) is 2.42. The number of aryl methyl sites for hydroxylation is 1. The first kappa shape index (κ1) is 12.6. The van der Waals surface area contributed by atoms with Gasteiger partial charge in [0.25, 0.3) is 5.56 Å². The number of rotatable bonds is 3. The van der Waals surface area contributed by atoms with Crippen molar-refractivity contribution >= 4 is 23.0 Å². The van der Waals surface area contributed by atoms with E-state index in [4.69, 9.17) is 11.6 Å². The molecule has 0 bridgehead atoms. The minimum atomic E-state index is -0.305. The minimum absolute atomic E-state index is 0.0255. The van der Waals surface area contributed by atoms with E-state index in [1.807, 2.05) is 20.9 Å². The normalized spacial score (nSPS) is 10.9. The Balaban J connectivity index is 2.36. The first-order chi connectivity index (χ1) is 8.49. The molecule has 0 aliphatic heterocycles. The molecule has 0 saturated carbocycles. The Morgan fingerprint density at radius 3 is 2.61 bits per heavy atom. The Kier molecular flexibility index (Phi) is 3.38. The van der Waals surface area contributed by atoms with Gasteiger partial charge in [-0.15, -0.1) is 0 Å². The first-order valence-corrected chi connectivity index (χ1v) is 5.90. The van der Waals surface area contributed by atoms with E-state index in [-0.39, 0.29) is 16.6 Å². The first-order valence-electron chi connectivity index (χ1n) is 5.52. The monoisotopic (exact) mass is 267 g/mol. The summed E-state index contributed by atoms with van der Waals surface area (Å²) < 4.78 is 3.00. The Labute approximate surface area is 109 Å². The van der Waals surface area contributed by atoms with Crippen LogP contribution in [0.25, 0.3) is 0 Å². The third-order valence-corrected chi connectivity index (χ3v) is 2.78. The maximum atomic E-state index is 11.9. The molecule has 18 heavy (non-hydrogen) atoms. The van der Waals surface area contributed by atoms with Gasteiger partial charge in [-0.3, -0.25) is 9.48 Å². The maximum Gasteiger partial charge on any atom is 0.287 e. The lowest BCUT2D eigenvalue weighted by Crippen LogP contribution is -2.25. The molecule has 7 heteroatoms. The van der Waals surface area contributed by atoms with E-state index in [1.54, 1.807) is 17.1 Å². The van der Waals surface area contributed by atoms with Crippen LogP contribution in [0.2, 0.25) is 5.02 Å². The van der Waals surface area contributed by atoms with Crippen molar-refractivity contribution in [3.8, 4) is 0 Å². The molecule has 0 radical (unpaired) electrons. The molecule has 96 valence electrons. The Morgan fingerprint density at radius 2 is 2.06 bits per heavy atom. The van der Waals surface area contributed by atoms with E-state index < -0.39 is 0 Å². The smallest absolute Gasteiger partial charge is 0.287 e. The highest BCUT2D eigenvalue weighted by molar-refractivity contribution is 6.33. The van der Waals surface area contributed by atoms with Crippen LogP contribution in [-0.4, -0.2) is 19.6 Å². The van der Waals surface area contributed by atoms with Crippen molar-refractivity contribution in [3.63, 3.8) is 0 Å². The highest BCUT2D eigenvalue weighted by Crippen LogP contribution is 2.21. The maximum absolute atomic E-state index is 11.9. The molecule has 2 aromatic heterocycles. The average molecular weight is 268 g/mol. The molecule has 2 rings (SSSR count). The summed E-state index contributed by atoms with van der Waals surface area (Å²) in [6.07, 6.45) is 4.96. The number of nitrogens with zero attached hydrogens (tertiary/aromatic N) is 4. The SMILES string of the molecule is CC(C)n1ncc(Nc2cnn(C)c2)c(Cl)c1=O. The number of aromatic nitrogens is 4. The van der Waals surface area contributed by atoms with Crippen molar-refractivity contribution in [1.29, 1.82) is 0 Å². The molecule has 1 N–H and O–H groups in total. The van der Waals surface area contributed by atoms with Crippen LogP contribution in [0.4, 0.5) is 11.4 Å². The van der Waals surface area contributed by atoms with Crippen molar-refractivity contribution in [1.82, 2.24) is 19.6 Å². The number of nitrogens with one attached hydrogen (secondary N) is 1. The summed E-state index contributed by atoms with van der Waals surface area (Å²) in [4.78, 5) is 11.9. The fraction of sp³-hybridized carbons (Fsp3) is 0.364. The molecule has 0 aliphatic rings. The minimum Gasteiger partial charge on any atom is -0.350 e. The molecule has 0 amide bonds. The van der Waals surface area contributed by atoms with Crippen LogP contribution in [0.3, 0.4) is 0 Å². The fourth-order valence-corrected chi connectivity index (χ4v) is 1.72. The zero-order valence-electron chi connectivity index (χ0n) is 10.4. The van der Waals surface area contributed by atoms with Gasteiger partial charge in [0.05, 0.1) is 29.8 Å². The number of halogens is 1. The largest absolute Gasteiger partial charge is 0.350 e. The van der Waals surface area contributed by atoms with Crippen molar-refractivity contribution in [3.05, 3.63) is 34.0 Å². The van der Waals surface area contributed by atoms with Crippen LogP contribution >= 0.6 is 11.6 Å². The van der Waals surface area contributed by atoms with Gasteiger partial charge in [0.2, 0.25) is 0 Å². The quantitative estimate of drug-likeness (QED) is 0.923. The fourth-order valence-electron chi connectivity index (χ4n) is 1.54. The molecule has 0 fully saturated rings. The zero-order valence-corrected chi connectivity index (χ0v) is 11.1. The molecule has 0 atom stereocenters. The molecule has 2 aromatic rings. The van der Waals surface area contributed by atoms with Crippen molar-refractivity contribution < 1.29 is 0 Å². The van der Waals surface area contributed by atoms with Gasteiger partial charge in [-0.05, 0) is 13.8 Å². The van der Waals surface area contributed by atoms with Gasteiger partial charge in [-0.2, -0.15) is 10.2 Å². The van der Waals surface area contributed by atoms with E-state index in [2.05, 4.69) is 15.5 Å². The van der Waals surface area contributed by atoms with E-state index >= 15 is 0 Å². The van der Waals surface area contributed by atoms with Crippen LogP contribution < -0.4 is 10.9 Å². The highest BCUT2D eigenvalue weighted by atomic mass is 35.5. The molecule has 0 unspecified atom stereocenters. The van der Waals surface area contributed by atoms with E-state index in [0.29, 0.717) is 5.69 Å². The molecule has 0 spiro atoms. The number of hydrogen-bond donors (Lipinski definition) is 1. The summed E-state index contributed by atoms with van der Waals surface area (Å²) in [5.41, 5.74) is 0.926. The number of anilines is 2. The predicted octanol–water partition coefficient (Wildman–Crippen LogP) is 1.95. The molecule has 0 aromatic carbocycles. The summed E-state index contributed by atoms with van der Waals surface area (Å²) in [6, 6.07) is -0.0255. The molecular formula is C11H14ClN5O. The lowest BCUT2D eigenvalue weighted by atomic mass is 10.4. The third kappa shape index (κ3) is 2.38. The van der Waals surface area contributed by atoms with E-state index in [0.717, 1.165) is 5.69 Å². The van der Waals surface area contributed by atoms with Crippen molar-refractivity contribution in [2.24, 2.45) is 7.05 Å². The zero-order chi connectivity index (χ0) is 13.3. The van der Waals surface area contributed by atoms with Gasteiger partial charge in [0, 0.05) is 13.2 Å². The second kappa shape index (κ2) is 4.81. The van der Waals surface area contributed by atoms with Crippen LogP contribution in [0.1, 0.15) is 19.9 Å². The average Bonchev–Trinajstić information content (AvgIpc) is 2.70. The second-order valence-corrected chi connectivity index (χ2v) is 4.62. The molecule has 6 nitrogen and oxygen atoms in total. The van der Waals surface area contributed by atoms with Crippen LogP contribution in [-0.2, 0) is 7.05 Å². The van der Waals surface area contributed by atoms with Gasteiger partial charge >= 0.3 is 0 Å². The molecule has 2 heterocycles. The Bertz CT molecular complexity index is 616. The van der Waals surface area contributed by atoms with Crippen LogP contribution in [0, 0.1) is 0 Å². The summed E-state index contributed by atoms with van der Waals surface area (Å²) in [6.45, 7) is 3.75. The summed E-state index contributed by atoms with van der Waals surface area (Å²) in [5.74, 6) is 0. The molecular weight excluding hydrogens is 254 g/mol. The van der Waals surface area contributed by atoms with Gasteiger partial charge in [-0.1, -0.05) is 11.6 Å². The van der Waals surface area contributed by atoms with Gasteiger partial charge in [0.15, 0.2) is 0 Å². The van der Waals surface area contributed by atoms with Crippen molar-refractivity contribution in [2.45, 2.75) is 19.9 Å². The van der Waals surface area contributed by atoms with E-state index in [9.17, 15) is 4.79 Å². The number of hydrogen-bond acceptors (Lipinski definition) is 4. The standard InChI is InChI=1S/C11H14ClN5O/c1-7(2)17-11(18)10(12)9(5-14-17)15-8-4-13-16(3)6-8/h4-7,15H,1-3H3.